The molecule has 0 bridgehead atoms. The minimum atomic E-state index is -1.07. The number of aromatic nitrogens is 3. The molecular formula is C9H13N5O3. The molecule has 0 saturated carbocycles. The molecule has 0 spiro atoms. The van der Waals surface area contributed by atoms with Crippen molar-refractivity contribution in [3.63, 3.8) is 0 Å². The highest BCUT2D eigenvalue weighted by Gasteiger charge is 2.18. The minimum Gasteiger partial charge on any atom is -0.480 e. The second-order valence-corrected chi connectivity index (χ2v) is 3.24. The molecule has 1 atom stereocenters. The van der Waals surface area contributed by atoms with E-state index >= 15 is 0 Å². The standard InChI is InChI=1S/C9H13N5O3/c1-2-3-6(7(15)16)12-9(17)13-8-10-4-5-11-14-8/h4-6H,2-3H2,1H3,(H,15,16)(H2,10,12,13,14,17). The molecular weight excluding hydrogens is 226 g/mol. The second kappa shape index (κ2) is 6.36. The zero-order valence-corrected chi connectivity index (χ0v) is 9.25. The molecule has 8 nitrogen and oxygen atoms in total. The van der Waals surface area contributed by atoms with E-state index in [1.807, 2.05) is 6.92 Å². The minimum absolute atomic E-state index is 0.0191. The van der Waals surface area contributed by atoms with Crippen molar-refractivity contribution < 1.29 is 14.7 Å². The number of hydrogen-bond acceptors (Lipinski definition) is 5. The van der Waals surface area contributed by atoms with Gasteiger partial charge in [0.25, 0.3) is 5.95 Å². The van der Waals surface area contributed by atoms with Gasteiger partial charge in [-0.25, -0.2) is 14.6 Å². The van der Waals surface area contributed by atoms with Crippen molar-refractivity contribution >= 4 is 17.9 Å². The predicted molar refractivity (Wildman–Crippen MR) is 58.3 cm³/mol. The van der Waals surface area contributed by atoms with Crippen LogP contribution in [0, 0.1) is 0 Å². The molecule has 0 saturated heterocycles. The SMILES string of the molecule is CCCC(NC(=O)Nc1nccnn1)C(=O)O. The Labute approximate surface area is 97.5 Å². The average molecular weight is 239 g/mol. The van der Waals surface area contributed by atoms with Gasteiger partial charge in [0.05, 0.1) is 12.4 Å². The van der Waals surface area contributed by atoms with Crippen LogP contribution in [0.1, 0.15) is 19.8 Å². The molecule has 0 radical (unpaired) electrons. The summed E-state index contributed by atoms with van der Waals surface area (Å²) in [6.07, 6.45) is 3.74. The third-order valence-electron chi connectivity index (χ3n) is 1.89. The number of carbonyl (C=O) groups excluding carboxylic acids is 1. The number of nitrogens with one attached hydrogen (secondary N) is 2. The zero-order valence-electron chi connectivity index (χ0n) is 9.25. The van der Waals surface area contributed by atoms with E-state index in [1.54, 1.807) is 0 Å². The van der Waals surface area contributed by atoms with Gasteiger partial charge in [-0.2, -0.15) is 5.10 Å². The van der Waals surface area contributed by atoms with Gasteiger partial charge in [0.1, 0.15) is 6.04 Å². The maximum absolute atomic E-state index is 11.4. The van der Waals surface area contributed by atoms with Crippen LogP contribution >= 0.6 is 0 Å². The Morgan fingerprint density at radius 2 is 2.24 bits per heavy atom. The Balaban J connectivity index is 2.51. The van der Waals surface area contributed by atoms with Crippen LogP contribution in [-0.2, 0) is 4.79 Å². The number of anilines is 1. The van der Waals surface area contributed by atoms with Crippen LogP contribution in [-0.4, -0.2) is 38.3 Å². The predicted octanol–water partition coefficient (Wildman–Crippen LogP) is 0.246. The summed E-state index contributed by atoms with van der Waals surface area (Å²) in [5.41, 5.74) is 0. The van der Waals surface area contributed by atoms with Crippen molar-refractivity contribution in [3.05, 3.63) is 12.4 Å². The van der Waals surface area contributed by atoms with Crippen LogP contribution < -0.4 is 10.6 Å². The lowest BCUT2D eigenvalue weighted by Gasteiger charge is -2.13. The number of amides is 2. The Kier molecular flexibility index (Phi) is 4.79. The van der Waals surface area contributed by atoms with Gasteiger partial charge in [-0.05, 0) is 6.42 Å². The number of carbonyl (C=O) groups is 2. The molecule has 1 heterocycles. The van der Waals surface area contributed by atoms with Crippen molar-refractivity contribution in [2.45, 2.75) is 25.8 Å². The fraction of sp³-hybridized carbons (Fsp3) is 0.444. The first-order valence-electron chi connectivity index (χ1n) is 5.07. The Bertz CT molecular complexity index is 383. The third kappa shape index (κ3) is 4.41. The first-order valence-corrected chi connectivity index (χ1v) is 5.07. The molecule has 0 aliphatic heterocycles. The van der Waals surface area contributed by atoms with E-state index in [0.717, 1.165) is 0 Å². The number of nitrogens with zero attached hydrogens (tertiary/aromatic N) is 3. The molecule has 1 unspecified atom stereocenters. The van der Waals surface area contributed by atoms with E-state index in [2.05, 4.69) is 25.8 Å². The van der Waals surface area contributed by atoms with E-state index in [4.69, 9.17) is 5.11 Å². The smallest absolute Gasteiger partial charge is 0.326 e. The maximum atomic E-state index is 11.4. The van der Waals surface area contributed by atoms with Crippen LogP contribution in [0.15, 0.2) is 12.4 Å². The first kappa shape index (κ1) is 12.8. The van der Waals surface area contributed by atoms with E-state index in [-0.39, 0.29) is 5.95 Å². The molecule has 3 N–H and O–H groups in total. The Morgan fingerprint density at radius 3 is 2.76 bits per heavy atom. The van der Waals surface area contributed by atoms with Gasteiger partial charge in [0.2, 0.25) is 0 Å². The molecule has 0 aliphatic carbocycles. The lowest BCUT2D eigenvalue weighted by Crippen LogP contribution is -2.43. The summed E-state index contributed by atoms with van der Waals surface area (Å²) in [6, 6.07) is -1.59. The highest BCUT2D eigenvalue weighted by atomic mass is 16.4. The summed E-state index contributed by atoms with van der Waals surface area (Å²) in [5.74, 6) is -1.06. The van der Waals surface area contributed by atoms with Gasteiger partial charge < -0.3 is 10.4 Å². The molecule has 1 rings (SSSR count). The number of urea groups is 1. The van der Waals surface area contributed by atoms with Gasteiger partial charge >= 0.3 is 12.0 Å². The quantitative estimate of drug-likeness (QED) is 0.677. The summed E-state index contributed by atoms with van der Waals surface area (Å²) in [7, 11) is 0. The fourth-order valence-electron chi connectivity index (χ4n) is 1.15. The van der Waals surface area contributed by atoms with Gasteiger partial charge in [-0.15, -0.1) is 5.10 Å². The van der Waals surface area contributed by atoms with Crippen molar-refractivity contribution in [3.8, 4) is 0 Å². The highest BCUT2D eigenvalue weighted by molar-refractivity contribution is 5.90. The molecule has 1 aromatic heterocycles. The molecule has 92 valence electrons. The largest absolute Gasteiger partial charge is 0.480 e. The van der Waals surface area contributed by atoms with Crippen molar-refractivity contribution in [2.75, 3.05) is 5.32 Å². The maximum Gasteiger partial charge on any atom is 0.326 e. The van der Waals surface area contributed by atoms with E-state index < -0.39 is 18.0 Å². The number of aliphatic carboxylic acids is 1. The molecule has 1 aromatic rings. The molecule has 17 heavy (non-hydrogen) atoms. The first-order chi connectivity index (χ1) is 8.13. The van der Waals surface area contributed by atoms with E-state index in [0.29, 0.717) is 12.8 Å². The summed E-state index contributed by atoms with van der Waals surface area (Å²) in [4.78, 5) is 25.9. The van der Waals surface area contributed by atoms with Crippen LogP contribution in [0.4, 0.5) is 10.7 Å². The normalized spacial score (nSPS) is 11.6. The second-order valence-electron chi connectivity index (χ2n) is 3.24. The van der Waals surface area contributed by atoms with Gasteiger partial charge in [-0.3, -0.25) is 5.32 Å². The van der Waals surface area contributed by atoms with Gasteiger partial charge in [0, 0.05) is 0 Å². The summed E-state index contributed by atoms with van der Waals surface area (Å²) in [5, 5.41) is 20.5. The van der Waals surface area contributed by atoms with Crippen LogP contribution in [0.5, 0.6) is 0 Å². The Morgan fingerprint density at radius 1 is 1.47 bits per heavy atom. The molecule has 8 heteroatoms. The summed E-state index contributed by atoms with van der Waals surface area (Å²) < 4.78 is 0. The number of hydrogen-bond donors (Lipinski definition) is 3. The number of carboxylic acid groups (broad SMARTS) is 1. The fourth-order valence-corrected chi connectivity index (χ4v) is 1.15. The average Bonchev–Trinajstić information content (AvgIpc) is 2.29. The lowest BCUT2D eigenvalue weighted by molar-refractivity contribution is -0.139. The van der Waals surface area contributed by atoms with Crippen LogP contribution in [0.25, 0.3) is 0 Å². The Hall–Kier alpha value is -2.25. The molecule has 0 fully saturated rings. The molecule has 0 aromatic carbocycles. The van der Waals surface area contributed by atoms with Crippen LogP contribution in [0.3, 0.4) is 0 Å². The topological polar surface area (TPSA) is 117 Å². The highest BCUT2D eigenvalue weighted by Crippen LogP contribution is 1.98. The van der Waals surface area contributed by atoms with Crippen molar-refractivity contribution in [2.24, 2.45) is 0 Å². The third-order valence-corrected chi connectivity index (χ3v) is 1.89. The number of rotatable bonds is 5. The summed E-state index contributed by atoms with van der Waals surface area (Å²) in [6.45, 7) is 1.83. The number of carboxylic acids is 1. The van der Waals surface area contributed by atoms with E-state index in [1.165, 1.54) is 12.4 Å². The lowest BCUT2D eigenvalue weighted by atomic mass is 10.2. The van der Waals surface area contributed by atoms with E-state index in [9.17, 15) is 9.59 Å². The van der Waals surface area contributed by atoms with Crippen molar-refractivity contribution in [1.29, 1.82) is 0 Å². The van der Waals surface area contributed by atoms with Crippen molar-refractivity contribution in [1.82, 2.24) is 20.5 Å². The van der Waals surface area contributed by atoms with Gasteiger partial charge in [0.15, 0.2) is 0 Å². The zero-order chi connectivity index (χ0) is 12.7. The van der Waals surface area contributed by atoms with Crippen LogP contribution in [0.2, 0.25) is 0 Å². The summed E-state index contributed by atoms with van der Waals surface area (Å²) >= 11 is 0. The molecule has 2 amide bonds. The monoisotopic (exact) mass is 239 g/mol. The van der Waals surface area contributed by atoms with Gasteiger partial charge in [-0.1, -0.05) is 13.3 Å². The molecule has 0 aliphatic rings.